The topological polar surface area (TPSA) is 112 Å². The quantitative estimate of drug-likeness (QED) is 0.419. The third-order valence-corrected chi connectivity index (χ3v) is 8.10. The summed E-state index contributed by atoms with van der Waals surface area (Å²) in [6.45, 7) is 0. The maximum Gasteiger partial charge on any atom is 0.255 e. The zero-order valence-electron chi connectivity index (χ0n) is 22.8. The van der Waals surface area contributed by atoms with E-state index < -0.39 is 0 Å². The summed E-state index contributed by atoms with van der Waals surface area (Å²) in [5.74, 6) is 2.55. The number of nitrogens with one attached hydrogen (secondary N) is 2. The van der Waals surface area contributed by atoms with E-state index in [-0.39, 0.29) is 17.9 Å². The largest absolute Gasteiger partial charge is 0.495 e. The van der Waals surface area contributed by atoms with Gasteiger partial charge in [-0.15, -0.1) is 0 Å². The minimum atomic E-state index is -0.347. The van der Waals surface area contributed by atoms with Crippen molar-refractivity contribution in [1.82, 2.24) is 5.32 Å². The van der Waals surface area contributed by atoms with Crippen LogP contribution in [-0.4, -0.2) is 45.2 Å². The fraction of sp³-hybridized carbons (Fsp3) is 0.533. The highest BCUT2D eigenvalue weighted by atomic mass is 16.5. The Morgan fingerprint density at radius 2 is 1.29 bits per heavy atom. The van der Waals surface area contributed by atoms with Crippen molar-refractivity contribution in [1.29, 1.82) is 0 Å². The molecule has 206 valence electrons. The van der Waals surface area contributed by atoms with E-state index in [1.807, 2.05) is 0 Å². The van der Waals surface area contributed by atoms with Crippen LogP contribution in [-0.2, 0) is 0 Å². The Hall–Kier alpha value is -3.26. The molecule has 0 radical (unpaired) electrons. The number of benzene rings is 2. The van der Waals surface area contributed by atoms with E-state index in [1.165, 1.54) is 33.5 Å². The molecule has 4 rings (SSSR count). The SMILES string of the molecule is COc1ccc(C(=O)NC2CCC(CC3CCC(N)CC3)CC2)cc1NC(=O)c1ccc(OC)c(OC)c1. The maximum atomic E-state index is 13.1. The van der Waals surface area contributed by atoms with Crippen LogP contribution in [0.15, 0.2) is 36.4 Å². The Morgan fingerprint density at radius 1 is 0.737 bits per heavy atom. The van der Waals surface area contributed by atoms with Gasteiger partial charge in [-0.3, -0.25) is 9.59 Å². The summed E-state index contributed by atoms with van der Waals surface area (Å²) in [6.07, 6.45) is 10.5. The van der Waals surface area contributed by atoms with Crippen molar-refractivity contribution in [3.8, 4) is 17.2 Å². The number of hydrogen-bond donors (Lipinski definition) is 3. The number of anilines is 1. The molecular weight excluding hydrogens is 482 g/mol. The Bertz CT molecular complexity index is 1110. The van der Waals surface area contributed by atoms with Crippen molar-refractivity contribution >= 4 is 17.5 Å². The number of carbonyl (C=O) groups excluding carboxylic acids is 2. The zero-order valence-corrected chi connectivity index (χ0v) is 22.8. The molecule has 2 aromatic rings. The zero-order chi connectivity index (χ0) is 27.1. The number of carbonyl (C=O) groups is 2. The number of ether oxygens (including phenoxy) is 3. The number of hydrogen-bond acceptors (Lipinski definition) is 6. The van der Waals surface area contributed by atoms with Gasteiger partial charge >= 0.3 is 0 Å². The Kier molecular flexibility index (Phi) is 9.50. The summed E-state index contributed by atoms with van der Waals surface area (Å²) in [5, 5.41) is 6.07. The molecule has 0 saturated heterocycles. The predicted octanol–water partition coefficient (Wildman–Crippen LogP) is 5.16. The third kappa shape index (κ3) is 6.98. The fourth-order valence-electron chi connectivity index (χ4n) is 5.83. The number of rotatable bonds is 9. The molecule has 8 nitrogen and oxygen atoms in total. The lowest BCUT2D eigenvalue weighted by Gasteiger charge is -2.33. The van der Waals surface area contributed by atoms with Gasteiger partial charge in [0.25, 0.3) is 11.8 Å². The van der Waals surface area contributed by atoms with E-state index in [4.69, 9.17) is 19.9 Å². The molecule has 2 aliphatic carbocycles. The average Bonchev–Trinajstić information content (AvgIpc) is 2.94. The highest BCUT2D eigenvalue weighted by molar-refractivity contribution is 6.06. The molecule has 38 heavy (non-hydrogen) atoms. The van der Waals surface area contributed by atoms with Crippen molar-refractivity contribution in [3.63, 3.8) is 0 Å². The molecule has 0 aliphatic heterocycles. The first kappa shape index (κ1) is 27.8. The van der Waals surface area contributed by atoms with E-state index in [0.717, 1.165) is 50.4 Å². The molecule has 2 aliphatic rings. The van der Waals surface area contributed by atoms with Crippen LogP contribution in [0.25, 0.3) is 0 Å². The van der Waals surface area contributed by atoms with Gasteiger partial charge < -0.3 is 30.6 Å². The molecular formula is C30H41N3O5. The highest BCUT2D eigenvalue weighted by Crippen LogP contribution is 2.35. The first-order valence-corrected chi connectivity index (χ1v) is 13.7. The second-order valence-corrected chi connectivity index (χ2v) is 10.6. The summed E-state index contributed by atoms with van der Waals surface area (Å²) >= 11 is 0. The minimum Gasteiger partial charge on any atom is -0.495 e. The standard InChI is InChI=1S/C30H41N3O5/c1-36-26-14-8-21(17-25(26)33-30(35)22-9-15-27(37-2)28(18-22)38-3)29(34)32-24-12-6-20(7-13-24)16-19-4-10-23(31)11-5-19/h8-9,14-15,17-20,23-24H,4-7,10-13,16,31H2,1-3H3,(H,32,34)(H,33,35). The molecule has 0 atom stereocenters. The number of amides is 2. The van der Waals surface area contributed by atoms with Crippen molar-refractivity contribution in [2.45, 2.75) is 69.9 Å². The van der Waals surface area contributed by atoms with E-state index in [9.17, 15) is 9.59 Å². The smallest absolute Gasteiger partial charge is 0.255 e. The van der Waals surface area contributed by atoms with Gasteiger partial charge in [-0.1, -0.05) is 0 Å². The summed E-state index contributed by atoms with van der Waals surface area (Å²) in [5.41, 5.74) is 7.37. The van der Waals surface area contributed by atoms with Crippen LogP contribution in [0.1, 0.15) is 78.5 Å². The molecule has 2 amide bonds. The van der Waals surface area contributed by atoms with Crippen molar-refractivity contribution < 1.29 is 23.8 Å². The second kappa shape index (κ2) is 13.0. The number of nitrogens with two attached hydrogens (primary N) is 1. The third-order valence-electron chi connectivity index (χ3n) is 8.10. The van der Waals surface area contributed by atoms with Crippen LogP contribution in [0.4, 0.5) is 5.69 Å². The molecule has 0 heterocycles. The van der Waals surface area contributed by atoms with Gasteiger partial charge in [-0.2, -0.15) is 0 Å². The van der Waals surface area contributed by atoms with Crippen molar-refractivity contribution in [2.75, 3.05) is 26.6 Å². The number of methoxy groups -OCH3 is 3. The van der Waals surface area contributed by atoms with Crippen molar-refractivity contribution in [2.24, 2.45) is 17.6 Å². The Balaban J connectivity index is 1.34. The molecule has 8 heteroatoms. The molecule has 0 bridgehead atoms. The fourth-order valence-corrected chi connectivity index (χ4v) is 5.83. The predicted molar refractivity (Wildman–Crippen MR) is 148 cm³/mol. The van der Waals surface area contributed by atoms with E-state index in [1.54, 1.807) is 43.5 Å². The van der Waals surface area contributed by atoms with Crippen LogP contribution in [0, 0.1) is 11.8 Å². The lowest BCUT2D eigenvalue weighted by atomic mass is 9.76. The normalized spacial score (nSPS) is 23.3. The minimum absolute atomic E-state index is 0.140. The molecule has 0 aromatic heterocycles. The van der Waals surface area contributed by atoms with E-state index >= 15 is 0 Å². The van der Waals surface area contributed by atoms with Crippen LogP contribution in [0.2, 0.25) is 0 Å². The van der Waals surface area contributed by atoms with Gasteiger partial charge in [0, 0.05) is 23.2 Å². The lowest BCUT2D eigenvalue weighted by Crippen LogP contribution is -2.38. The van der Waals surface area contributed by atoms with Gasteiger partial charge in [0.05, 0.1) is 27.0 Å². The van der Waals surface area contributed by atoms with Gasteiger partial charge in [0.1, 0.15) is 5.75 Å². The van der Waals surface area contributed by atoms with Gasteiger partial charge in [0.2, 0.25) is 0 Å². The summed E-state index contributed by atoms with van der Waals surface area (Å²) < 4.78 is 16.0. The highest BCUT2D eigenvalue weighted by Gasteiger charge is 2.27. The van der Waals surface area contributed by atoms with Crippen molar-refractivity contribution in [3.05, 3.63) is 47.5 Å². The van der Waals surface area contributed by atoms with E-state index in [2.05, 4.69) is 10.6 Å². The monoisotopic (exact) mass is 523 g/mol. The molecule has 0 spiro atoms. The maximum absolute atomic E-state index is 13.1. The molecule has 2 aromatic carbocycles. The van der Waals surface area contributed by atoms with Crippen LogP contribution in [0.5, 0.6) is 17.2 Å². The second-order valence-electron chi connectivity index (χ2n) is 10.6. The van der Waals surface area contributed by atoms with Crippen LogP contribution >= 0.6 is 0 Å². The lowest BCUT2D eigenvalue weighted by molar-refractivity contribution is 0.0917. The van der Waals surface area contributed by atoms with Gasteiger partial charge in [-0.05, 0) is 106 Å². The Morgan fingerprint density at radius 3 is 1.89 bits per heavy atom. The molecule has 0 unspecified atom stereocenters. The van der Waals surface area contributed by atoms with Crippen LogP contribution < -0.4 is 30.6 Å². The van der Waals surface area contributed by atoms with Gasteiger partial charge in [-0.25, -0.2) is 0 Å². The van der Waals surface area contributed by atoms with Gasteiger partial charge in [0.15, 0.2) is 11.5 Å². The van der Waals surface area contributed by atoms with Crippen LogP contribution in [0.3, 0.4) is 0 Å². The first-order chi connectivity index (χ1) is 18.4. The molecule has 4 N–H and O–H groups in total. The summed E-state index contributed by atoms with van der Waals surface area (Å²) in [4.78, 5) is 26.1. The average molecular weight is 524 g/mol. The molecule has 2 saturated carbocycles. The summed E-state index contributed by atoms with van der Waals surface area (Å²) in [6, 6.07) is 10.6. The first-order valence-electron chi connectivity index (χ1n) is 13.7. The van der Waals surface area contributed by atoms with E-state index in [0.29, 0.717) is 40.1 Å². The summed E-state index contributed by atoms with van der Waals surface area (Å²) in [7, 11) is 4.59. The molecule has 2 fully saturated rings. The Labute approximate surface area is 225 Å².